The summed E-state index contributed by atoms with van der Waals surface area (Å²) < 4.78 is 29.1. The van der Waals surface area contributed by atoms with E-state index in [1.165, 1.54) is 0 Å². The fourth-order valence-corrected chi connectivity index (χ4v) is 1.21. The first-order chi connectivity index (χ1) is 6.18. The van der Waals surface area contributed by atoms with Crippen LogP contribution in [0, 0.1) is 0 Å². The fourth-order valence-electron chi connectivity index (χ4n) is 1.21. The van der Waals surface area contributed by atoms with Crippen LogP contribution in [0.25, 0.3) is 0 Å². The average Bonchev–Trinajstić information content (AvgIpc) is 2.04. The van der Waals surface area contributed by atoms with Gasteiger partial charge in [0.1, 0.15) is 11.9 Å². The van der Waals surface area contributed by atoms with Crippen LogP contribution in [0.3, 0.4) is 0 Å². The van der Waals surface area contributed by atoms with Gasteiger partial charge in [0.15, 0.2) is 0 Å². The first-order valence-corrected chi connectivity index (χ1v) is 4.50. The summed E-state index contributed by atoms with van der Waals surface area (Å²) in [6, 6.07) is 0. The van der Waals surface area contributed by atoms with Crippen molar-refractivity contribution < 1.29 is 13.5 Å². The lowest BCUT2D eigenvalue weighted by molar-refractivity contribution is 0.0519. The van der Waals surface area contributed by atoms with E-state index in [1.807, 2.05) is 18.2 Å². The molecule has 0 heterocycles. The van der Waals surface area contributed by atoms with Gasteiger partial charge in [0.25, 0.3) is 0 Å². The number of allylic oxidation sites excluding steroid dienone is 3. The van der Waals surface area contributed by atoms with Crippen LogP contribution >= 0.6 is 0 Å². The molecule has 1 rings (SSSR count). The Hall–Kier alpha value is -0.860. The van der Waals surface area contributed by atoms with E-state index < -0.39 is 12.5 Å². The highest BCUT2D eigenvalue weighted by molar-refractivity contribution is 5.16. The molecule has 0 aromatic carbocycles. The van der Waals surface area contributed by atoms with Crippen LogP contribution in [0.4, 0.5) is 8.78 Å². The van der Waals surface area contributed by atoms with Crippen molar-refractivity contribution in [3.05, 3.63) is 24.0 Å². The van der Waals surface area contributed by atoms with Gasteiger partial charge in [0.2, 0.25) is 6.43 Å². The third kappa shape index (κ3) is 4.06. The van der Waals surface area contributed by atoms with Gasteiger partial charge in [-0.15, -0.1) is 0 Å². The second-order valence-electron chi connectivity index (χ2n) is 3.14. The molecule has 0 saturated carbocycles. The lowest BCUT2D eigenvalue weighted by Crippen LogP contribution is -2.12. The maximum absolute atomic E-state index is 11.9. The van der Waals surface area contributed by atoms with Crippen molar-refractivity contribution in [1.29, 1.82) is 0 Å². The normalized spacial score (nSPS) is 18.6. The van der Waals surface area contributed by atoms with Crippen LogP contribution in [0.2, 0.25) is 0 Å². The summed E-state index contributed by atoms with van der Waals surface area (Å²) in [5.74, 6) is 0.722. The molecular weight excluding hydrogens is 174 g/mol. The van der Waals surface area contributed by atoms with Crippen molar-refractivity contribution in [2.75, 3.05) is 0 Å². The van der Waals surface area contributed by atoms with Gasteiger partial charge in [-0.1, -0.05) is 6.08 Å². The molecule has 0 aliphatic heterocycles. The van der Waals surface area contributed by atoms with Gasteiger partial charge in [-0.3, -0.25) is 0 Å². The van der Waals surface area contributed by atoms with E-state index in [1.54, 1.807) is 6.92 Å². The van der Waals surface area contributed by atoms with Crippen molar-refractivity contribution >= 4 is 0 Å². The van der Waals surface area contributed by atoms with Crippen LogP contribution in [-0.2, 0) is 4.74 Å². The van der Waals surface area contributed by atoms with E-state index in [2.05, 4.69) is 0 Å². The lowest BCUT2D eigenvalue weighted by atomic mass is 10.2. The molecule has 1 atom stereocenters. The predicted molar refractivity (Wildman–Crippen MR) is 47.6 cm³/mol. The number of alkyl halides is 2. The largest absolute Gasteiger partial charge is 0.491 e. The second-order valence-corrected chi connectivity index (χ2v) is 3.14. The summed E-state index contributed by atoms with van der Waals surface area (Å²) in [6.07, 6.45) is 4.81. The van der Waals surface area contributed by atoms with Gasteiger partial charge in [0.05, 0.1) is 0 Å². The Bertz CT molecular complexity index is 209. The minimum atomic E-state index is -2.29. The summed E-state index contributed by atoms with van der Waals surface area (Å²) in [5.41, 5.74) is 0. The smallest absolute Gasteiger partial charge is 0.242 e. The van der Waals surface area contributed by atoms with E-state index in [4.69, 9.17) is 4.74 Å². The third-order valence-electron chi connectivity index (χ3n) is 1.81. The quantitative estimate of drug-likeness (QED) is 0.657. The van der Waals surface area contributed by atoms with Crippen LogP contribution in [0.1, 0.15) is 26.2 Å². The van der Waals surface area contributed by atoms with Crippen molar-refractivity contribution in [2.24, 2.45) is 0 Å². The van der Waals surface area contributed by atoms with E-state index in [9.17, 15) is 8.78 Å². The van der Waals surface area contributed by atoms with Crippen molar-refractivity contribution in [3.8, 4) is 0 Å². The predicted octanol–water partition coefficient (Wildman–Crippen LogP) is 3.28. The molecule has 0 N–H and O–H groups in total. The van der Waals surface area contributed by atoms with E-state index in [-0.39, 0.29) is 6.42 Å². The maximum Gasteiger partial charge on any atom is 0.242 e. The zero-order chi connectivity index (χ0) is 9.68. The monoisotopic (exact) mass is 188 g/mol. The van der Waals surface area contributed by atoms with Gasteiger partial charge in [0, 0.05) is 6.42 Å². The molecule has 1 aliphatic rings. The maximum atomic E-state index is 11.9. The molecule has 1 nitrogen and oxygen atoms in total. The van der Waals surface area contributed by atoms with Crippen molar-refractivity contribution in [1.82, 2.24) is 0 Å². The molecule has 0 spiro atoms. The molecule has 1 unspecified atom stereocenters. The second kappa shape index (κ2) is 5.00. The van der Waals surface area contributed by atoms with Gasteiger partial charge in [-0.05, 0) is 31.9 Å². The van der Waals surface area contributed by atoms with Crippen LogP contribution < -0.4 is 0 Å². The Morgan fingerprint density at radius 1 is 1.46 bits per heavy atom. The Morgan fingerprint density at radius 3 is 2.77 bits per heavy atom. The summed E-state index contributed by atoms with van der Waals surface area (Å²) in [6.45, 7) is 1.66. The summed E-state index contributed by atoms with van der Waals surface area (Å²) in [4.78, 5) is 0. The molecule has 0 amide bonds. The summed E-state index contributed by atoms with van der Waals surface area (Å²) in [5, 5.41) is 0. The standard InChI is InChI=1S/C10H14F2O/c1-8(7-10(11)12)13-9-5-3-2-4-6-9/h3,5-6,8,10H,2,4,7H2,1H3. The van der Waals surface area contributed by atoms with E-state index in [0.717, 1.165) is 18.6 Å². The Balaban J connectivity index is 2.31. The Kier molecular flexibility index (Phi) is 3.93. The SMILES string of the molecule is CC(CC(F)F)OC1=CCCC=C1. The minimum Gasteiger partial charge on any atom is -0.491 e. The highest BCUT2D eigenvalue weighted by atomic mass is 19.3. The molecule has 0 aromatic rings. The molecule has 0 aromatic heterocycles. The molecular formula is C10H14F2O. The van der Waals surface area contributed by atoms with E-state index >= 15 is 0 Å². The number of hydrogen-bond acceptors (Lipinski definition) is 1. The number of rotatable bonds is 4. The highest BCUT2D eigenvalue weighted by Gasteiger charge is 2.12. The molecule has 0 radical (unpaired) electrons. The number of hydrogen-bond donors (Lipinski definition) is 0. The van der Waals surface area contributed by atoms with E-state index in [0.29, 0.717) is 0 Å². The molecule has 0 bridgehead atoms. The van der Waals surface area contributed by atoms with Gasteiger partial charge in [-0.2, -0.15) is 0 Å². The molecule has 74 valence electrons. The number of halogens is 2. The van der Waals surface area contributed by atoms with Crippen LogP contribution in [-0.4, -0.2) is 12.5 Å². The van der Waals surface area contributed by atoms with Crippen LogP contribution in [0.15, 0.2) is 24.0 Å². The van der Waals surface area contributed by atoms with Crippen molar-refractivity contribution in [3.63, 3.8) is 0 Å². The lowest BCUT2D eigenvalue weighted by Gasteiger charge is -2.16. The Labute approximate surface area is 77.1 Å². The topological polar surface area (TPSA) is 9.23 Å². The highest BCUT2D eigenvalue weighted by Crippen LogP contribution is 2.16. The van der Waals surface area contributed by atoms with Gasteiger partial charge >= 0.3 is 0 Å². The fraction of sp³-hybridized carbons (Fsp3) is 0.600. The molecule has 0 saturated heterocycles. The first kappa shape index (κ1) is 10.2. The Morgan fingerprint density at radius 2 is 2.23 bits per heavy atom. The summed E-state index contributed by atoms with van der Waals surface area (Å²) >= 11 is 0. The molecule has 0 fully saturated rings. The third-order valence-corrected chi connectivity index (χ3v) is 1.81. The summed E-state index contributed by atoms with van der Waals surface area (Å²) in [7, 11) is 0. The number of ether oxygens (including phenoxy) is 1. The average molecular weight is 188 g/mol. The van der Waals surface area contributed by atoms with Gasteiger partial charge in [-0.25, -0.2) is 8.78 Å². The zero-order valence-electron chi connectivity index (χ0n) is 7.67. The van der Waals surface area contributed by atoms with Crippen LogP contribution in [0.5, 0.6) is 0 Å². The molecule has 3 heteroatoms. The first-order valence-electron chi connectivity index (χ1n) is 4.50. The molecule has 1 aliphatic carbocycles. The van der Waals surface area contributed by atoms with Gasteiger partial charge < -0.3 is 4.74 Å². The molecule has 13 heavy (non-hydrogen) atoms. The zero-order valence-corrected chi connectivity index (χ0v) is 7.67. The van der Waals surface area contributed by atoms with Crippen molar-refractivity contribution in [2.45, 2.75) is 38.7 Å². The minimum absolute atomic E-state index is 0.203.